The topological polar surface area (TPSA) is 49.8 Å². The first-order valence-corrected chi connectivity index (χ1v) is 3.87. The number of β-amino-alcohol motifs (C(OH)–C–C–N with tert-alkyl or cyclic N) is 1. The lowest BCUT2D eigenvalue weighted by molar-refractivity contribution is -0.151. The zero-order valence-electron chi connectivity index (χ0n) is 7.06. The molecule has 0 spiro atoms. The first kappa shape index (κ1) is 9.22. The van der Waals surface area contributed by atoms with Crippen molar-refractivity contribution in [3.63, 3.8) is 0 Å². The molecule has 1 atom stereocenters. The second-order valence-corrected chi connectivity index (χ2v) is 2.73. The lowest BCUT2D eigenvalue weighted by atomic mass is 10.3. The Kier molecular flexibility index (Phi) is 3.25. The molecular weight excluding hydrogens is 158 g/mol. The van der Waals surface area contributed by atoms with Crippen LogP contribution in [0.1, 0.15) is 0 Å². The van der Waals surface area contributed by atoms with Gasteiger partial charge in [0.1, 0.15) is 0 Å². The number of carbonyl (C=O) groups is 1. The van der Waals surface area contributed by atoms with Gasteiger partial charge in [0.25, 0.3) is 0 Å². The van der Waals surface area contributed by atoms with Crippen LogP contribution < -0.4 is 0 Å². The number of aliphatic hydroxyl groups is 1. The molecule has 12 heavy (non-hydrogen) atoms. The van der Waals surface area contributed by atoms with E-state index in [0.29, 0.717) is 6.54 Å². The number of rotatable bonds is 3. The highest BCUT2D eigenvalue weighted by molar-refractivity contribution is 5.74. The molecule has 0 aromatic heterocycles. The summed E-state index contributed by atoms with van der Waals surface area (Å²) in [6.45, 7) is 1.95. The second-order valence-electron chi connectivity index (χ2n) is 2.73. The Labute approximate surface area is 71.4 Å². The molecule has 0 aliphatic carbocycles. The number of hydrogen-bond acceptors (Lipinski definition) is 4. The maximum absolute atomic E-state index is 10.8. The van der Waals surface area contributed by atoms with Gasteiger partial charge in [0, 0.05) is 19.6 Å². The van der Waals surface area contributed by atoms with Gasteiger partial charge in [-0.3, -0.25) is 4.90 Å². The van der Waals surface area contributed by atoms with E-state index in [-0.39, 0.29) is 0 Å². The molecule has 0 bridgehead atoms. The van der Waals surface area contributed by atoms with Crippen molar-refractivity contribution in [1.29, 1.82) is 0 Å². The molecule has 1 aliphatic heterocycles. The summed E-state index contributed by atoms with van der Waals surface area (Å²) in [7, 11) is 1.27. The molecule has 4 heteroatoms. The molecule has 0 aromatic rings. The zero-order valence-corrected chi connectivity index (χ0v) is 7.06. The molecule has 0 fully saturated rings. The molecule has 1 rings (SSSR count). The van der Waals surface area contributed by atoms with E-state index in [4.69, 9.17) is 0 Å². The van der Waals surface area contributed by atoms with Crippen molar-refractivity contribution in [1.82, 2.24) is 4.90 Å². The van der Waals surface area contributed by atoms with Crippen LogP contribution in [0, 0.1) is 0 Å². The SMILES string of the molecule is COC(=O)C(O)CN1CC=CC1. The third kappa shape index (κ3) is 2.32. The monoisotopic (exact) mass is 171 g/mol. The second kappa shape index (κ2) is 4.23. The van der Waals surface area contributed by atoms with Crippen molar-refractivity contribution in [2.45, 2.75) is 6.10 Å². The average Bonchev–Trinajstić information content (AvgIpc) is 2.55. The number of aliphatic hydroxyl groups excluding tert-OH is 1. The van der Waals surface area contributed by atoms with Gasteiger partial charge >= 0.3 is 5.97 Å². The molecule has 1 aliphatic rings. The zero-order chi connectivity index (χ0) is 8.97. The van der Waals surface area contributed by atoms with Crippen molar-refractivity contribution in [2.24, 2.45) is 0 Å². The van der Waals surface area contributed by atoms with E-state index in [1.54, 1.807) is 0 Å². The van der Waals surface area contributed by atoms with E-state index in [1.165, 1.54) is 7.11 Å². The van der Waals surface area contributed by atoms with Crippen LogP contribution in [0.15, 0.2) is 12.2 Å². The van der Waals surface area contributed by atoms with E-state index >= 15 is 0 Å². The summed E-state index contributed by atoms with van der Waals surface area (Å²) in [5, 5.41) is 9.23. The Morgan fingerprint density at radius 1 is 1.67 bits per heavy atom. The van der Waals surface area contributed by atoms with Gasteiger partial charge in [0.2, 0.25) is 0 Å². The van der Waals surface area contributed by atoms with E-state index in [1.807, 2.05) is 17.1 Å². The van der Waals surface area contributed by atoms with E-state index in [2.05, 4.69) is 4.74 Å². The highest BCUT2D eigenvalue weighted by Gasteiger charge is 2.19. The summed E-state index contributed by atoms with van der Waals surface area (Å²) in [6, 6.07) is 0. The molecule has 0 saturated carbocycles. The Hall–Kier alpha value is -0.870. The standard InChI is InChI=1S/C8H13NO3/c1-12-8(11)7(10)6-9-4-2-3-5-9/h2-3,7,10H,4-6H2,1H3. The van der Waals surface area contributed by atoms with E-state index in [0.717, 1.165) is 13.1 Å². The van der Waals surface area contributed by atoms with Crippen molar-refractivity contribution >= 4 is 5.97 Å². The summed E-state index contributed by atoms with van der Waals surface area (Å²) < 4.78 is 4.39. The summed E-state index contributed by atoms with van der Waals surface area (Å²) in [5.74, 6) is -0.568. The average molecular weight is 171 g/mol. The van der Waals surface area contributed by atoms with Crippen molar-refractivity contribution < 1.29 is 14.6 Å². The van der Waals surface area contributed by atoms with Crippen LogP contribution in [-0.2, 0) is 9.53 Å². The molecule has 1 heterocycles. The third-order valence-corrected chi connectivity index (χ3v) is 1.80. The largest absolute Gasteiger partial charge is 0.467 e. The fraction of sp³-hybridized carbons (Fsp3) is 0.625. The number of nitrogens with zero attached hydrogens (tertiary/aromatic N) is 1. The lowest BCUT2D eigenvalue weighted by Gasteiger charge is -2.17. The molecule has 0 saturated heterocycles. The fourth-order valence-electron chi connectivity index (χ4n) is 1.13. The van der Waals surface area contributed by atoms with Gasteiger partial charge < -0.3 is 9.84 Å². The predicted molar refractivity (Wildman–Crippen MR) is 43.6 cm³/mol. The van der Waals surface area contributed by atoms with Gasteiger partial charge in [0.15, 0.2) is 6.10 Å². The summed E-state index contributed by atoms with van der Waals surface area (Å²) in [4.78, 5) is 12.7. The molecule has 68 valence electrons. The van der Waals surface area contributed by atoms with Crippen LogP contribution in [0.4, 0.5) is 0 Å². The minimum Gasteiger partial charge on any atom is -0.467 e. The highest BCUT2D eigenvalue weighted by Crippen LogP contribution is 2.00. The van der Waals surface area contributed by atoms with Gasteiger partial charge in [-0.15, -0.1) is 0 Å². The molecule has 0 amide bonds. The number of esters is 1. The number of hydrogen-bond donors (Lipinski definition) is 1. The normalized spacial score (nSPS) is 19.5. The van der Waals surface area contributed by atoms with Crippen LogP contribution in [0.5, 0.6) is 0 Å². The summed E-state index contributed by atoms with van der Waals surface area (Å²) in [5.41, 5.74) is 0. The molecular formula is C8H13NO3. The van der Waals surface area contributed by atoms with E-state index in [9.17, 15) is 9.90 Å². The van der Waals surface area contributed by atoms with Crippen molar-refractivity contribution in [3.8, 4) is 0 Å². The first-order chi connectivity index (χ1) is 5.74. The Morgan fingerprint density at radius 3 is 2.75 bits per heavy atom. The maximum atomic E-state index is 10.8. The fourth-order valence-corrected chi connectivity index (χ4v) is 1.13. The molecule has 0 radical (unpaired) electrons. The molecule has 1 unspecified atom stereocenters. The van der Waals surface area contributed by atoms with Gasteiger partial charge in [-0.05, 0) is 0 Å². The molecule has 1 N–H and O–H groups in total. The van der Waals surface area contributed by atoms with E-state index < -0.39 is 12.1 Å². The minimum atomic E-state index is -1.02. The minimum absolute atomic E-state index is 0.347. The van der Waals surface area contributed by atoms with Crippen LogP contribution in [-0.4, -0.2) is 48.8 Å². The molecule has 4 nitrogen and oxygen atoms in total. The Bertz CT molecular complexity index is 183. The number of carbonyl (C=O) groups excluding carboxylic acids is 1. The third-order valence-electron chi connectivity index (χ3n) is 1.80. The number of ether oxygens (including phenoxy) is 1. The van der Waals surface area contributed by atoms with Crippen molar-refractivity contribution in [3.05, 3.63) is 12.2 Å². The Morgan fingerprint density at radius 2 is 2.25 bits per heavy atom. The van der Waals surface area contributed by atoms with Crippen molar-refractivity contribution in [2.75, 3.05) is 26.7 Å². The summed E-state index contributed by atoms with van der Waals surface area (Å²) >= 11 is 0. The van der Waals surface area contributed by atoms with Crippen LogP contribution in [0.25, 0.3) is 0 Å². The Balaban J connectivity index is 2.25. The van der Waals surface area contributed by atoms with Gasteiger partial charge in [0.05, 0.1) is 7.11 Å². The van der Waals surface area contributed by atoms with Crippen LogP contribution in [0.2, 0.25) is 0 Å². The van der Waals surface area contributed by atoms with Gasteiger partial charge in [-0.25, -0.2) is 4.79 Å². The summed E-state index contributed by atoms with van der Waals surface area (Å²) in [6.07, 6.45) is 2.99. The maximum Gasteiger partial charge on any atom is 0.336 e. The van der Waals surface area contributed by atoms with Crippen LogP contribution in [0.3, 0.4) is 0 Å². The number of methoxy groups -OCH3 is 1. The molecule has 0 aromatic carbocycles. The predicted octanol–water partition coefficient (Wildman–Crippen LogP) is -0.608. The van der Waals surface area contributed by atoms with Crippen LogP contribution >= 0.6 is 0 Å². The highest BCUT2D eigenvalue weighted by atomic mass is 16.5. The smallest absolute Gasteiger partial charge is 0.336 e. The van der Waals surface area contributed by atoms with Gasteiger partial charge in [-0.2, -0.15) is 0 Å². The quantitative estimate of drug-likeness (QED) is 0.454. The first-order valence-electron chi connectivity index (χ1n) is 3.87. The lowest BCUT2D eigenvalue weighted by Crippen LogP contribution is -2.36. The van der Waals surface area contributed by atoms with Gasteiger partial charge in [-0.1, -0.05) is 12.2 Å².